The molecule has 6 heteroatoms. The first-order chi connectivity index (χ1) is 10.2. The molecule has 0 bridgehead atoms. The van der Waals surface area contributed by atoms with Crippen LogP contribution in [-0.4, -0.2) is 30.6 Å². The second kappa shape index (κ2) is 7.74. The monoisotopic (exact) mass is 286 g/mol. The van der Waals surface area contributed by atoms with Gasteiger partial charge in [0.15, 0.2) is 6.61 Å². The maximum atomic E-state index is 11.6. The molecule has 4 N–H and O–H groups in total. The zero-order chi connectivity index (χ0) is 14.9. The first kappa shape index (κ1) is 14.6. The number of amides is 1. The van der Waals surface area contributed by atoms with Gasteiger partial charge < -0.3 is 21.1 Å². The van der Waals surface area contributed by atoms with Gasteiger partial charge in [-0.25, -0.2) is 4.98 Å². The molecule has 0 aliphatic heterocycles. The summed E-state index contributed by atoms with van der Waals surface area (Å²) in [5.41, 5.74) is 6.16. The molecular weight excluding hydrogens is 268 g/mol. The SMILES string of the molecule is Nc1ccc(NCCNC(=O)COc2ccccc2)nc1. The van der Waals surface area contributed by atoms with E-state index in [0.717, 1.165) is 5.82 Å². The lowest BCUT2D eigenvalue weighted by Gasteiger charge is -2.08. The third-order valence-corrected chi connectivity index (χ3v) is 2.65. The standard InChI is InChI=1S/C15H18N4O2/c16-12-6-7-14(19-10-12)17-8-9-18-15(20)11-21-13-4-2-1-3-5-13/h1-7,10H,8-9,11,16H2,(H,17,19)(H,18,20). The number of hydrogen-bond acceptors (Lipinski definition) is 5. The van der Waals surface area contributed by atoms with Crippen LogP contribution in [0, 0.1) is 0 Å². The molecule has 1 aromatic heterocycles. The third-order valence-electron chi connectivity index (χ3n) is 2.65. The lowest BCUT2D eigenvalue weighted by Crippen LogP contribution is -2.32. The molecule has 1 aromatic carbocycles. The van der Waals surface area contributed by atoms with E-state index in [1.807, 2.05) is 30.3 Å². The van der Waals surface area contributed by atoms with Gasteiger partial charge in [-0.2, -0.15) is 0 Å². The summed E-state index contributed by atoms with van der Waals surface area (Å²) in [6.45, 7) is 1.07. The molecule has 0 radical (unpaired) electrons. The Morgan fingerprint density at radius 2 is 1.95 bits per heavy atom. The van der Waals surface area contributed by atoms with Gasteiger partial charge in [0.2, 0.25) is 0 Å². The number of aromatic nitrogens is 1. The predicted molar refractivity (Wildman–Crippen MR) is 82.1 cm³/mol. The van der Waals surface area contributed by atoms with Crippen molar-refractivity contribution in [1.82, 2.24) is 10.3 Å². The minimum Gasteiger partial charge on any atom is -0.484 e. The molecule has 0 aliphatic carbocycles. The number of nitrogen functional groups attached to an aromatic ring is 1. The average molecular weight is 286 g/mol. The molecule has 0 spiro atoms. The number of carbonyl (C=O) groups excluding carboxylic acids is 1. The largest absolute Gasteiger partial charge is 0.484 e. The second-order valence-electron chi connectivity index (χ2n) is 4.36. The van der Waals surface area contributed by atoms with Crippen LogP contribution in [0.15, 0.2) is 48.7 Å². The van der Waals surface area contributed by atoms with E-state index in [-0.39, 0.29) is 12.5 Å². The van der Waals surface area contributed by atoms with E-state index in [4.69, 9.17) is 10.5 Å². The highest BCUT2D eigenvalue weighted by Gasteiger charge is 2.01. The summed E-state index contributed by atoms with van der Waals surface area (Å²) >= 11 is 0. The number of nitrogens with zero attached hydrogens (tertiary/aromatic N) is 1. The first-order valence-electron chi connectivity index (χ1n) is 6.64. The number of nitrogens with two attached hydrogens (primary N) is 1. The Morgan fingerprint density at radius 1 is 1.14 bits per heavy atom. The third kappa shape index (κ3) is 5.40. The summed E-state index contributed by atoms with van der Waals surface area (Å²) < 4.78 is 5.34. The molecule has 6 nitrogen and oxygen atoms in total. The van der Waals surface area contributed by atoms with Crippen LogP contribution in [0.2, 0.25) is 0 Å². The summed E-state index contributed by atoms with van der Waals surface area (Å²) in [5.74, 6) is 1.24. The summed E-state index contributed by atoms with van der Waals surface area (Å²) in [6, 6.07) is 12.8. The summed E-state index contributed by atoms with van der Waals surface area (Å²) in [4.78, 5) is 15.7. The molecule has 1 amide bonds. The zero-order valence-corrected chi connectivity index (χ0v) is 11.6. The Balaban J connectivity index is 1.60. The highest BCUT2D eigenvalue weighted by molar-refractivity contribution is 5.77. The molecule has 0 aliphatic rings. The maximum Gasteiger partial charge on any atom is 0.258 e. The van der Waals surface area contributed by atoms with Gasteiger partial charge in [0.25, 0.3) is 5.91 Å². The fraction of sp³-hybridized carbons (Fsp3) is 0.200. The summed E-state index contributed by atoms with van der Waals surface area (Å²) in [5, 5.41) is 5.83. The highest BCUT2D eigenvalue weighted by atomic mass is 16.5. The van der Waals surface area contributed by atoms with Gasteiger partial charge >= 0.3 is 0 Å². The van der Waals surface area contributed by atoms with Crippen LogP contribution >= 0.6 is 0 Å². The fourth-order valence-electron chi connectivity index (χ4n) is 1.62. The van der Waals surface area contributed by atoms with Crippen molar-refractivity contribution in [2.24, 2.45) is 0 Å². The van der Waals surface area contributed by atoms with E-state index in [9.17, 15) is 4.79 Å². The first-order valence-corrected chi connectivity index (χ1v) is 6.64. The molecule has 0 fully saturated rings. The number of rotatable bonds is 7. The number of ether oxygens (including phenoxy) is 1. The van der Waals surface area contributed by atoms with Crippen molar-refractivity contribution in [1.29, 1.82) is 0 Å². The zero-order valence-electron chi connectivity index (χ0n) is 11.6. The van der Waals surface area contributed by atoms with Gasteiger partial charge in [0.05, 0.1) is 11.9 Å². The number of para-hydroxylation sites is 1. The van der Waals surface area contributed by atoms with E-state index in [2.05, 4.69) is 15.6 Å². The molecule has 110 valence electrons. The van der Waals surface area contributed by atoms with Gasteiger partial charge in [-0.1, -0.05) is 18.2 Å². The van der Waals surface area contributed by atoms with Gasteiger partial charge in [-0.3, -0.25) is 4.79 Å². The topological polar surface area (TPSA) is 89.3 Å². The predicted octanol–water partition coefficient (Wildman–Crippen LogP) is 1.27. The minimum atomic E-state index is -0.161. The van der Waals surface area contributed by atoms with Crippen molar-refractivity contribution < 1.29 is 9.53 Å². The minimum absolute atomic E-state index is 0.00410. The number of benzene rings is 1. The molecule has 21 heavy (non-hydrogen) atoms. The van der Waals surface area contributed by atoms with Crippen molar-refractivity contribution in [2.75, 3.05) is 30.7 Å². The Bertz CT molecular complexity index is 558. The normalized spacial score (nSPS) is 9.90. The highest BCUT2D eigenvalue weighted by Crippen LogP contribution is 2.07. The molecule has 0 unspecified atom stereocenters. The molecule has 0 atom stereocenters. The molecule has 2 aromatic rings. The molecule has 0 saturated carbocycles. The molecule has 0 saturated heterocycles. The van der Waals surface area contributed by atoms with Crippen LogP contribution in [0.5, 0.6) is 5.75 Å². The van der Waals surface area contributed by atoms with Gasteiger partial charge in [-0.05, 0) is 24.3 Å². The van der Waals surface area contributed by atoms with Gasteiger partial charge in [0, 0.05) is 13.1 Å². The lowest BCUT2D eigenvalue weighted by atomic mass is 10.3. The van der Waals surface area contributed by atoms with Crippen LogP contribution in [0.3, 0.4) is 0 Å². The fourth-order valence-corrected chi connectivity index (χ4v) is 1.62. The molecule has 1 heterocycles. The maximum absolute atomic E-state index is 11.6. The van der Waals surface area contributed by atoms with Gasteiger partial charge in [0.1, 0.15) is 11.6 Å². The van der Waals surface area contributed by atoms with E-state index >= 15 is 0 Å². The van der Waals surface area contributed by atoms with E-state index in [1.165, 1.54) is 0 Å². The Hall–Kier alpha value is -2.76. The number of anilines is 2. The smallest absolute Gasteiger partial charge is 0.258 e. The van der Waals surface area contributed by atoms with E-state index in [1.54, 1.807) is 18.3 Å². The number of pyridine rings is 1. The average Bonchev–Trinajstić information content (AvgIpc) is 2.52. The van der Waals surface area contributed by atoms with Crippen LogP contribution in [0.25, 0.3) is 0 Å². The van der Waals surface area contributed by atoms with Crippen LogP contribution in [0.4, 0.5) is 11.5 Å². The quantitative estimate of drug-likeness (QED) is 0.667. The van der Waals surface area contributed by atoms with Crippen molar-refractivity contribution in [3.8, 4) is 5.75 Å². The van der Waals surface area contributed by atoms with Crippen molar-refractivity contribution in [3.63, 3.8) is 0 Å². The number of hydrogen-bond donors (Lipinski definition) is 3. The van der Waals surface area contributed by atoms with Crippen molar-refractivity contribution >= 4 is 17.4 Å². The Kier molecular flexibility index (Phi) is 5.40. The Morgan fingerprint density at radius 3 is 2.67 bits per heavy atom. The molecular formula is C15H18N4O2. The van der Waals surface area contributed by atoms with Crippen LogP contribution < -0.4 is 21.1 Å². The van der Waals surface area contributed by atoms with Gasteiger partial charge in [-0.15, -0.1) is 0 Å². The number of nitrogens with one attached hydrogen (secondary N) is 2. The second-order valence-corrected chi connectivity index (χ2v) is 4.36. The number of carbonyl (C=O) groups is 1. The van der Waals surface area contributed by atoms with Crippen LogP contribution in [0.1, 0.15) is 0 Å². The van der Waals surface area contributed by atoms with E-state index < -0.39 is 0 Å². The van der Waals surface area contributed by atoms with E-state index in [0.29, 0.717) is 24.5 Å². The summed E-state index contributed by atoms with van der Waals surface area (Å²) in [6.07, 6.45) is 1.58. The van der Waals surface area contributed by atoms with Crippen LogP contribution in [-0.2, 0) is 4.79 Å². The van der Waals surface area contributed by atoms with Crippen molar-refractivity contribution in [2.45, 2.75) is 0 Å². The van der Waals surface area contributed by atoms with Crippen molar-refractivity contribution in [3.05, 3.63) is 48.7 Å². The lowest BCUT2D eigenvalue weighted by molar-refractivity contribution is -0.123. The Labute approximate surface area is 123 Å². The molecule has 2 rings (SSSR count). The summed E-state index contributed by atoms with van der Waals surface area (Å²) in [7, 11) is 0.